The van der Waals surface area contributed by atoms with E-state index in [9.17, 15) is 9.59 Å². The average molecular weight is 430 g/mol. The van der Waals surface area contributed by atoms with E-state index in [1.807, 2.05) is 29.3 Å². The summed E-state index contributed by atoms with van der Waals surface area (Å²) < 4.78 is 0. The van der Waals surface area contributed by atoms with Crippen LogP contribution in [0.15, 0.2) is 24.4 Å². The van der Waals surface area contributed by atoms with Gasteiger partial charge < -0.3 is 15.2 Å². The Kier molecular flexibility index (Phi) is 6.98. The topological polar surface area (TPSA) is 65.2 Å². The standard InChI is InChI=1S/C24H32ClN3O2/c25-20-6-7-22-21(15-20)19(16-27-22)8-11-26-23(29)14-17-9-12-28(13-10-17)24(30)18-4-2-1-3-5-18/h6-7,15-18,27H,1-5,8-14H2,(H,26,29). The molecule has 0 bridgehead atoms. The van der Waals surface area contributed by atoms with Gasteiger partial charge in [0.15, 0.2) is 0 Å². The molecule has 0 spiro atoms. The van der Waals surface area contributed by atoms with Crippen molar-refractivity contribution in [3.8, 4) is 0 Å². The van der Waals surface area contributed by atoms with Crippen molar-refractivity contribution in [3.63, 3.8) is 0 Å². The highest BCUT2D eigenvalue weighted by molar-refractivity contribution is 6.31. The van der Waals surface area contributed by atoms with Gasteiger partial charge in [0.1, 0.15) is 0 Å². The van der Waals surface area contributed by atoms with Crippen molar-refractivity contribution in [1.29, 1.82) is 0 Å². The number of aromatic amines is 1. The highest BCUT2D eigenvalue weighted by Gasteiger charge is 2.29. The maximum atomic E-state index is 12.7. The van der Waals surface area contributed by atoms with Gasteiger partial charge in [-0.25, -0.2) is 0 Å². The van der Waals surface area contributed by atoms with Crippen molar-refractivity contribution in [2.45, 2.75) is 57.8 Å². The third-order valence-electron chi connectivity index (χ3n) is 6.80. The molecule has 5 nitrogen and oxygen atoms in total. The number of aromatic nitrogens is 1. The second kappa shape index (κ2) is 9.86. The van der Waals surface area contributed by atoms with E-state index in [1.165, 1.54) is 24.8 Å². The van der Waals surface area contributed by atoms with E-state index in [1.54, 1.807) is 0 Å². The predicted molar refractivity (Wildman–Crippen MR) is 121 cm³/mol. The van der Waals surface area contributed by atoms with E-state index >= 15 is 0 Å². The number of fused-ring (bicyclic) bond motifs is 1. The summed E-state index contributed by atoms with van der Waals surface area (Å²) in [5.74, 6) is 1.10. The molecular weight excluding hydrogens is 398 g/mol. The second-order valence-corrected chi connectivity index (χ2v) is 9.35. The number of likely N-dealkylation sites (tertiary alicyclic amines) is 1. The van der Waals surface area contributed by atoms with Gasteiger partial charge in [-0.05, 0) is 61.8 Å². The third-order valence-corrected chi connectivity index (χ3v) is 7.04. The fourth-order valence-electron chi connectivity index (χ4n) is 4.99. The van der Waals surface area contributed by atoms with Crippen molar-refractivity contribution in [3.05, 3.63) is 35.0 Å². The van der Waals surface area contributed by atoms with Gasteiger partial charge in [-0.2, -0.15) is 0 Å². The molecule has 1 aliphatic heterocycles. The van der Waals surface area contributed by atoms with Crippen LogP contribution >= 0.6 is 11.6 Å². The van der Waals surface area contributed by atoms with E-state index in [0.29, 0.717) is 24.8 Å². The molecule has 162 valence electrons. The summed E-state index contributed by atoms with van der Waals surface area (Å²) in [7, 11) is 0. The van der Waals surface area contributed by atoms with Crippen LogP contribution in [0.25, 0.3) is 10.9 Å². The summed E-state index contributed by atoms with van der Waals surface area (Å²) in [5.41, 5.74) is 2.23. The molecular formula is C24H32ClN3O2. The molecule has 1 aromatic carbocycles. The van der Waals surface area contributed by atoms with Gasteiger partial charge in [0.2, 0.25) is 11.8 Å². The van der Waals surface area contributed by atoms with Crippen LogP contribution in [0.5, 0.6) is 0 Å². The Balaban J connectivity index is 1.18. The van der Waals surface area contributed by atoms with Crippen LogP contribution in [0.3, 0.4) is 0 Å². The molecule has 4 rings (SSSR count). The number of H-pyrrole nitrogens is 1. The van der Waals surface area contributed by atoms with Crippen LogP contribution < -0.4 is 5.32 Å². The van der Waals surface area contributed by atoms with Crippen LogP contribution in [-0.2, 0) is 16.0 Å². The zero-order valence-corrected chi connectivity index (χ0v) is 18.3. The van der Waals surface area contributed by atoms with Gasteiger partial charge in [-0.3, -0.25) is 9.59 Å². The minimum atomic E-state index is 0.116. The van der Waals surface area contributed by atoms with E-state index in [-0.39, 0.29) is 11.8 Å². The molecule has 1 saturated heterocycles. The zero-order chi connectivity index (χ0) is 20.9. The predicted octanol–water partition coefficient (Wildman–Crippen LogP) is 4.69. The van der Waals surface area contributed by atoms with Crippen molar-refractivity contribution in [2.75, 3.05) is 19.6 Å². The van der Waals surface area contributed by atoms with Crippen LogP contribution in [0, 0.1) is 11.8 Å². The first kappa shape index (κ1) is 21.2. The number of amides is 2. The molecule has 0 atom stereocenters. The zero-order valence-electron chi connectivity index (χ0n) is 17.6. The molecule has 0 unspecified atom stereocenters. The molecule has 2 fully saturated rings. The molecule has 0 radical (unpaired) electrons. The SMILES string of the molecule is O=C(CC1CCN(C(=O)C2CCCCC2)CC1)NCCc1c[nH]c2ccc(Cl)cc12. The maximum Gasteiger partial charge on any atom is 0.225 e. The van der Waals surface area contributed by atoms with Crippen molar-refractivity contribution < 1.29 is 9.59 Å². The van der Waals surface area contributed by atoms with Gasteiger partial charge >= 0.3 is 0 Å². The monoisotopic (exact) mass is 429 g/mol. The summed E-state index contributed by atoms with van der Waals surface area (Å²) in [6.45, 7) is 2.24. The Labute approximate surface area is 183 Å². The lowest BCUT2D eigenvalue weighted by molar-refractivity contribution is -0.138. The quantitative estimate of drug-likeness (QED) is 0.699. The first-order chi connectivity index (χ1) is 14.6. The van der Waals surface area contributed by atoms with Crippen LogP contribution in [0.4, 0.5) is 0 Å². The second-order valence-electron chi connectivity index (χ2n) is 8.91. The summed E-state index contributed by atoms with van der Waals surface area (Å²) in [5, 5.41) is 4.91. The van der Waals surface area contributed by atoms with Crippen LogP contribution in [0.2, 0.25) is 5.02 Å². The Morgan fingerprint density at radius 1 is 1.10 bits per heavy atom. The molecule has 1 saturated carbocycles. The molecule has 2 aromatic rings. The van der Waals surface area contributed by atoms with E-state index in [4.69, 9.17) is 11.6 Å². The largest absolute Gasteiger partial charge is 0.361 e. The Morgan fingerprint density at radius 3 is 2.63 bits per heavy atom. The van der Waals surface area contributed by atoms with Crippen molar-refractivity contribution >= 4 is 34.3 Å². The lowest BCUT2D eigenvalue weighted by Gasteiger charge is -2.35. The number of halogens is 1. The van der Waals surface area contributed by atoms with Crippen LogP contribution in [0.1, 0.15) is 56.9 Å². The number of nitrogens with one attached hydrogen (secondary N) is 2. The van der Waals surface area contributed by atoms with E-state index in [0.717, 1.165) is 61.1 Å². The van der Waals surface area contributed by atoms with Crippen molar-refractivity contribution in [2.24, 2.45) is 11.8 Å². The molecule has 2 N–H and O–H groups in total. The molecule has 1 aromatic heterocycles. The Hall–Kier alpha value is -2.01. The maximum absolute atomic E-state index is 12.7. The number of benzene rings is 1. The lowest BCUT2D eigenvalue weighted by Crippen LogP contribution is -2.43. The van der Waals surface area contributed by atoms with E-state index in [2.05, 4.69) is 10.3 Å². The van der Waals surface area contributed by atoms with E-state index < -0.39 is 0 Å². The first-order valence-corrected chi connectivity index (χ1v) is 11.8. The van der Waals surface area contributed by atoms with Crippen molar-refractivity contribution in [1.82, 2.24) is 15.2 Å². The fraction of sp³-hybridized carbons (Fsp3) is 0.583. The fourth-order valence-corrected chi connectivity index (χ4v) is 5.17. The molecule has 30 heavy (non-hydrogen) atoms. The molecule has 2 amide bonds. The lowest BCUT2D eigenvalue weighted by atomic mass is 9.87. The molecule has 1 aliphatic carbocycles. The highest BCUT2D eigenvalue weighted by atomic mass is 35.5. The van der Waals surface area contributed by atoms with Gasteiger partial charge in [0.25, 0.3) is 0 Å². The number of hydrogen-bond donors (Lipinski definition) is 2. The minimum Gasteiger partial charge on any atom is -0.361 e. The van der Waals surface area contributed by atoms with Crippen LogP contribution in [-0.4, -0.2) is 41.3 Å². The molecule has 6 heteroatoms. The highest BCUT2D eigenvalue weighted by Crippen LogP contribution is 2.28. The average Bonchev–Trinajstić information content (AvgIpc) is 3.16. The number of rotatable bonds is 6. The summed E-state index contributed by atoms with van der Waals surface area (Å²) in [6, 6.07) is 5.82. The normalized spacial score (nSPS) is 18.6. The number of nitrogens with zero attached hydrogens (tertiary/aromatic N) is 1. The molecule has 2 aliphatic rings. The summed E-state index contributed by atoms with van der Waals surface area (Å²) in [4.78, 5) is 30.4. The van der Waals surface area contributed by atoms with Gasteiger partial charge in [0, 0.05) is 54.1 Å². The number of carbonyl (C=O) groups is 2. The Bertz CT molecular complexity index is 880. The smallest absolute Gasteiger partial charge is 0.225 e. The Morgan fingerprint density at radius 2 is 1.87 bits per heavy atom. The summed E-state index contributed by atoms with van der Waals surface area (Å²) in [6.07, 6.45) is 11.0. The number of hydrogen-bond acceptors (Lipinski definition) is 2. The number of carbonyl (C=O) groups excluding carboxylic acids is 2. The van der Waals surface area contributed by atoms with Gasteiger partial charge in [-0.1, -0.05) is 30.9 Å². The first-order valence-electron chi connectivity index (χ1n) is 11.4. The summed E-state index contributed by atoms with van der Waals surface area (Å²) >= 11 is 6.11. The van der Waals surface area contributed by atoms with Gasteiger partial charge in [-0.15, -0.1) is 0 Å². The third kappa shape index (κ3) is 5.18. The number of piperidine rings is 1. The minimum absolute atomic E-state index is 0.116. The molecule has 2 heterocycles. The van der Waals surface area contributed by atoms with Gasteiger partial charge in [0.05, 0.1) is 0 Å².